The summed E-state index contributed by atoms with van der Waals surface area (Å²) in [4.78, 5) is 12.1. The molecule has 0 amide bonds. The number of ether oxygens (including phenoxy) is 1. The fourth-order valence-electron chi connectivity index (χ4n) is 0.887. The first kappa shape index (κ1) is 10.6. The lowest BCUT2D eigenvalue weighted by Gasteiger charge is -1.99. The van der Waals surface area contributed by atoms with Gasteiger partial charge in [-0.05, 0) is 5.21 Å². The molecule has 0 atom stereocenters. The molecular formula is C7H13N5O2. The van der Waals surface area contributed by atoms with Crippen molar-refractivity contribution >= 4 is 5.97 Å². The molecule has 0 aliphatic heterocycles. The van der Waals surface area contributed by atoms with Gasteiger partial charge in [0.2, 0.25) is 0 Å². The van der Waals surface area contributed by atoms with Crippen LogP contribution in [0.25, 0.3) is 0 Å². The molecule has 0 aromatic carbocycles. The van der Waals surface area contributed by atoms with Crippen molar-refractivity contribution < 1.29 is 9.53 Å². The normalized spacial score (nSPS) is 10.1. The molecule has 1 N–H and O–H groups in total. The van der Waals surface area contributed by atoms with Gasteiger partial charge in [-0.2, -0.15) is 4.80 Å². The van der Waals surface area contributed by atoms with Gasteiger partial charge in [-0.25, -0.2) is 0 Å². The van der Waals surface area contributed by atoms with E-state index >= 15 is 0 Å². The number of nitrogens with zero attached hydrogens (tertiary/aromatic N) is 4. The quantitative estimate of drug-likeness (QED) is 0.477. The fourth-order valence-corrected chi connectivity index (χ4v) is 0.887. The van der Waals surface area contributed by atoms with Crippen LogP contribution in [-0.2, 0) is 23.1 Å². The van der Waals surface area contributed by atoms with E-state index in [2.05, 4.69) is 25.5 Å². The predicted octanol–water partition coefficient (Wildman–Crippen LogP) is -1.14. The summed E-state index contributed by atoms with van der Waals surface area (Å²) >= 11 is 0. The number of hydrogen-bond donors (Lipinski definition) is 1. The zero-order chi connectivity index (χ0) is 10.4. The lowest BCUT2D eigenvalue weighted by Crippen LogP contribution is -2.19. The predicted molar refractivity (Wildman–Crippen MR) is 47.1 cm³/mol. The average Bonchev–Trinajstić information content (AvgIpc) is 2.58. The van der Waals surface area contributed by atoms with Crippen LogP contribution in [0, 0.1) is 0 Å². The topological polar surface area (TPSA) is 81.9 Å². The summed E-state index contributed by atoms with van der Waals surface area (Å²) in [5, 5.41) is 14.4. The van der Waals surface area contributed by atoms with E-state index in [1.807, 2.05) is 0 Å². The fraction of sp³-hybridized carbons (Fsp3) is 0.714. The maximum absolute atomic E-state index is 10.7. The number of tetrazole rings is 1. The van der Waals surface area contributed by atoms with E-state index in [1.54, 1.807) is 7.05 Å². The average molecular weight is 199 g/mol. The van der Waals surface area contributed by atoms with E-state index in [0.717, 1.165) is 0 Å². The Morgan fingerprint density at radius 2 is 2.43 bits per heavy atom. The number of aromatic nitrogens is 4. The van der Waals surface area contributed by atoms with Crippen LogP contribution < -0.4 is 5.32 Å². The Kier molecular flexibility index (Phi) is 3.99. The number of nitrogens with one attached hydrogen (secondary N) is 1. The minimum atomic E-state index is -0.232. The molecule has 0 aliphatic carbocycles. The lowest BCUT2D eigenvalue weighted by molar-refractivity contribution is -0.140. The number of hydrogen-bond acceptors (Lipinski definition) is 6. The molecule has 78 valence electrons. The van der Waals surface area contributed by atoms with Crippen LogP contribution in [0.4, 0.5) is 0 Å². The molecule has 7 heteroatoms. The van der Waals surface area contributed by atoms with Gasteiger partial charge in [0.15, 0.2) is 5.82 Å². The maximum atomic E-state index is 10.7. The molecular weight excluding hydrogens is 186 g/mol. The first-order chi connectivity index (χ1) is 6.72. The number of aryl methyl sites for hydroxylation is 1. The van der Waals surface area contributed by atoms with Gasteiger partial charge in [-0.15, -0.1) is 10.2 Å². The Morgan fingerprint density at radius 1 is 1.64 bits per heavy atom. The minimum Gasteiger partial charge on any atom is -0.469 e. The standard InChI is InChI=1S/C7H13N5O2/c1-12-10-6(9-11-12)5-8-4-3-7(13)14-2/h8H,3-5H2,1-2H3. The van der Waals surface area contributed by atoms with E-state index < -0.39 is 0 Å². The molecule has 0 saturated heterocycles. The van der Waals surface area contributed by atoms with E-state index in [0.29, 0.717) is 25.3 Å². The molecule has 14 heavy (non-hydrogen) atoms. The highest BCUT2D eigenvalue weighted by atomic mass is 16.5. The van der Waals surface area contributed by atoms with Crippen LogP contribution in [0.5, 0.6) is 0 Å². The van der Waals surface area contributed by atoms with Crippen LogP contribution in [0.15, 0.2) is 0 Å². The summed E-state index contributed by atoms with van der Waals surface area (Å²) in [6.07, 6.45) is 0.344. The van der Waals surface area contributed by atoms with Gasteiger partial charge < -0.3 is 10.1 Å². The smallest absolute Gasteiger partial charge is 0.306 e. The second-order valence-electron chi connectivity index (χ2n) is 2.70. The molecule has 0 unspecified atom stereocenters. The SMILES string of the molecule is COC(=O)CCNCc1nnn(C)n1. The summed E-state index contributed by atoms with van der Waals surface area (Å²) in [5.74, 6) is 0.377. The van der Waals surface area contributed by atoms with Crippen molar-refractivity contribution in [2.75, 3.05) is 13.7 Å². The number of carbonyl (C=O) groups is 1. The second-order valence-corrected chi connectivity index (χ2v) is 2.70. The number of carbonyl (C=O) groups excluding carboxylic acids is 1. The number of esters is 1. The van der Waals surface area contributed by atoms with Gasteiger partial charge in [0.05, 0.1) is 27.1 Å². The summed E-state index contributed by atoms with van der Waals surface area (Å²) in [7, 11) is 3.07. The van der Waals surface area contributed by atoms with E-state index in [9.17, 15) is 4.79 Å². The molecule has 0 fully saturated rings. The zero-order valence-electron chi connectivity index (χ0n) is 8.23. The summed E-state index contributed by atoms with van der Waals surface area (Å²) in [5.41, 5.74) is 0. The molecule has 7 nitrogen and oxygen atoms in total. The van der Waals surface area contributed by atoms with Crippen LogP contribution in [-0.4, -0.2) is 39.8 Å². The molecule has 1 aromatic heterocycles. The first-order valence-corrected chi connectivity index (χ1v) is 4.23. The first-order valence-electron chi connectivity index (χ1n) is 4.23. The van der Waals surface area contributed by atoms with E-state index in [4.69, 9.17) is 0 Å². The third-order valence-electron chi connectivity index (χ3n) is 1.57. The second kappa shape index (κ2) is 5.28. The van der Waals surface area contributed by atoms with Gasteiger partial charge in [0.25, 0.3) is 0 Å². The van der Waals surface area contributed by atoms with Crippen molar-refractivity contribution in [2.45, 2.75) is 13.0 Å². The molecule has 0 radical (unpaired) electrons. The molecule has 0 bridgehead atoms. The lowest BCUT2D eigenvalue weighted by atomic mass is 10.4. The Morgan fingerprint density at radius 3 is 3.00 bits per heavy atom. The van der Waals surface area contributed by atoms with Crippen molar-refractivity contribution in [1.82, 2.24) is 25.5 Å². The summed E-state index contributed by atoms with van der Waals surface area (Å²) in [6.45, 7) is 1.05. The van der Waals surface area contributed by atoms with E-state index in [1.165, 1.54) is 11.9 Å². The van der Waals surface area contributed by atoms with Gasteiger partial charge in [0, 0.05) is 6.54 Å². The van der Waals surface area contributed by atoms with Crippen molar-refractivity contribution in [3.05, 3.63) is 5.82 Å². The van der Waals surface area contributed by atoms with Crippen molar-refractivity contribution in [3.8, 4) is 0 Å². The van der Waals surface area contributed by atoms with Crippen molar-refractivity contribution in [2.24, 2.45) is 7.05 Å². The Bertz CT molecular complexity index is 298. The monoisotopic (exact) mass is 199 g/mol. The molecule has 1 aromatic rings. The van der Waals surface area contributed by atoms with Crippen LogP contribution in [0.3, 0.4) is 0 Å². The Labute approximate surface area is 81.4 Å². The molecule has 0 saturated carbocycles. The van der Waals surface area contributed by atoms with Gasteiger partial charge >= 0.3 is 5.97 Å². The summed E-state index contributed by atoms with van der Waals surface area (Å²) < 4.78 is 4.48. The third-order valence-corrected chi connectivity index (χ3v) is 1.57. The minimum absolute atomic E-state index is 0.232. The maximum Gasteiger partial charge on any atom is 0.306 e. The number of rotatable bonds is 5. The van der Waals surface area contributed by atoms with Crippen molar-refractivity contribution in [3.63, 3.8) is 0 Å². The highest BCUT2D eigenvalue weighted by molar-refractivity contribution is 5.69. The van der Waals surface area contributed by atoms with Gasteiger partial charge in [-0.1, -0.05) is 0 Å². The highest BCUT2D eigenvalue weighted by Crippen LogP contribution is 1.85. The van der Waals surface area contributed by atoms with Crippen LogP contribution in [0.2, 0.25) is 0 Å². The zero-order valence-corrected chi connectivity index (χ0v) is 8.23. The highest BCUT2D eigenvalue weighted by Gasteiger charge is 2.01. The van der Waals surface area contributed by atoms with Crippen LogP contribution in [0.1, 0.15) is 12.2 Å². The van der Waals surface area contributed by atoms with Crippen molar-refractivity contribution in [1.29, 1.82) is 0 Å². The summed E-state index contributed by atoms with van der Waals surface area (Å²) in [6, 6.07) is 0. The van der Waals surface area contributed by atoms with Gasteiger partial charge in [0.1, 0.15) is 0 Å². The number of methoxy groups -OCH3 is 1. The molecule has 1 rings (SSSR count). The third kappa shape index (κ3) is 3.48. The van der Waals surface area contributed by atoms with E-state index in [-0.39, 0.29) is 5.97 Å². The molecule has 0 aliphatic rings. The van der Waals surface area contributed by atoms with Crippen LogP contribution >= 0.6 is 0 Å². The Balaban J connectivity index is 2.13. The molecule has 0 spiro atoms. The van der Waals surface area contributed by atoms with Gasteiger partial charge in [-0.3, -0.25) is 4.79 Å². The Hall–Kier alpha value is -1.50. The largest absolute Gasteiger partial charge is 0.469 e. The molecule has 1 heterocycles.